The Hall–Kier alpha value is -3.56. The Morgan fingerprint density at radius 2 is 1.62 bits per heavy atom. The maximum absolute atomic E-state index is 13.3. The van der Waals surface area contributed by atoms with Gasteiger partial charge in [0.2, 0.25) is 0 Å². The monoisotopic (exact) mass is 501 g/mol. The molecular formula is C24H24ClN3O5S. The largest absolute Gasteiger partial charge is 0.493 e. The number of rotatable bonds is 9. The molecule has 0 saturated carbocycles. The van der Waals surface area contributed by atoms with Crippen molar-refractivity contribution >= 4 is 38.9 Å². The highest BCUT2D eigenvalue weighted by atomic mass is 35.5. The molecule has 0 unspecified atom stereocenters. The first-order valence-corrected chi connectivity index (χ1v) is 12.0. The SMILES string of the molecule is COc1ccc(/C(C)=N\NC(=O)CN(c2ccc(Cl)cc2)S(=O)(=O)c2ccccc2)cc1OC. The Morgan fingerprint density at radius 3 is 2.24 bits per heavy atom. The molecule has 1 N–H and O–H groups in total. The van der Waals surface area contributed by atoms with E-state index in [2.05, 4.69) is 10.5 Å². The van der Waals surface area contributed by atoms with Gasteiger partial charge in [-0.05, 0) is 61.5 Å². The average molecular weight is 502 g/mol. The van der Waals surface area contributed by atoms with E-state index >= 15 is 0 Å². The second kappa shape index (κ2) is 11.0. The molecule has 0 aromatic heterocycles. The number of hydrogen-bond donors (Lipinski definition) is 1. The first-order valence-electron chi connectivity index (χ1n) is 10.1. The first-order chi connectivity index (χ1) is 16.3. The van der Waals surface area contributed by atoms with Crippen molar-refractivity contribution in [1.29, 1.82) is 0 Å². The van der Waals surface area contributed by atoms with E-state index in [4.69, 9.17) is 21.1 Å². The number of methoxy groups -OCH3 is 2. The molecule has 34 heavy (non-hydrogen) atoms. The Labute approximate surface area is 203 Å². The molecule has 0 spiro atoms. The van der Waals surface area contributed by atoms with Crippen LogP contribution < -0.4 is 19.2 Å². The third-order valence-electron chi connectivity index (χ3n) is 4.88. The van der Waals surface area contributed by atoms with Gasteiger partial charge in [-0.1, -0.05) is 29.8 Å². The standard InChI is InChI=1S/C24H24ClN3O5S/c1-17(18-9-14-22(32-2)23(15-18)33-3)26-27-24(29)16-28(20-12-10-19(25)11-13-20)34(30,31)21-7-5-4-6-8-21/h4-15H,16H2,1-3H3,(H,27,29)/b26-17-. The highest BCUT2D eigenvalue weighted by Gasteiger charge is 2.27. The molecule has 0 atom stereocenters. The smallest absolute Gasteiger partial charge is 0.264 e. The fourth-order valence-corrected chi connectivity index (χ4v) is 4.65. The quantitative estimate of drug-likeness (QED) is 0.352. The van der Waals surface area contributed by atoms with Crippen LogP contribution in [-0.4, -0.2) is 40.8 Å². The summed E-state index contributed by atoms with van der Waals surface area (Å²) in [5.41, 5.74) is 3.92. The van der Waals surface area contributed by atoms with Crippen molar-refractivity contribution in [2.24, 2.45) is 5.10 Å². The topological polar surface area (TPSA) is 97.3 Å². The number of sulfonamides is 1. The van der Waals surface area contributed by atoms with Crippen LogP contribution in [0.1, 0.15) is 12.5 Å². The van der Waals surface area contributed by atoms with Crippen LogP contribution in [0.15, 0.2) is 82.8 Å². The normalized spacial score (nSPS) is 11.6. The van der Waals surface area contributed by atoms with E-state index in [9.17, 15) is 13.2 Å². The van der Waals surface area contributed by atoms with Gasteiger partial charge in [0.25, 0.3) is 15.9 Å². The van der Waals surface area contributed by atoms with E-state index in [1.807, 2.05) is 0 Å². The van der Waals surface area contributed by atoms with E-state index in [0.717, 1.165) is 4.31 Å². The van der Waals surface area contributed by atoms with Crippen molar-refractivity contribution in [1.82, 2.24) is 5.43 Å². The lowest BCUT2D eigenvalue weighted by Crippen LogP contribution is -2.39. The fourth-order valence-electron chi connectivity index (χ4n) is 3.08. The van der Waals surface area contributed by atoms with E-state index in [1.165, 1.54) is 38.5 Å². The summed E-state index contributed by atoms with van der Waals surface area (Å²) in [4.78, 5) is 12.8. The van der Waals surface area contributed by atoms with Crippen molar-refractivity contribution in [3.63, 3.8) is 0 Å². The zero-order valence-electron chi connectivity index (χ0n) is 18.9. The van der Waals surface area contributed by atoms with Crippen LogP contribution in [0.4, 0.5) is 5.69 Å². The number of hydrogen-bond acceptors (Lipinski definition) is 6. The third kappa shape index (κ3) is 5.86. The Bertz CT molecular complexity index is 1280. The van der Waals surface area contributed by atoms with E-state index < -0.39 is 22.5 Å². The number of hydrazone groups is 1. The lowest BCUT2D eigenvalue weighted by molar-refractivity contribution is -0.119. The minimum Gasteiger partial charge on any atom is -0.493 e. The van der Waals surface area contributed by atoms with Gasteiger partial charge in [-0.15, -0.1) is 0 Å². The number of amides is 1. The molecular weight excluding hydrogens is 478 g/mol. The molecule has 3 aromatic rings. The van der Waals surface area contributed by atoms with Crippen LogP contribution in [-0.2, 0) is 14.8 Å². The predicted octanol–water partition coefficient (Wildman–Crippen LogP) is 4.09. The number of carbonyl (C=O) groups is 1. The summed E-state index contributed by atoms with van der Waals surface area (Å²) < 4.78 is 38.1. The molecule has 0 radical (unpaired) electrons. The van der Waals surface area contributed by atoms with Gasteiger partial charge in [-0.3, -0.25) is 9.10 Å². The summed E-state index contributed by atoms with van der Waals surface area (Å²) in [6.45, 7) is 1.22. The zero-order chi connectivity index (χ0) is 24.7. The van der Waals surface area contributed by atoms with Crippen LogP contribution in [0.5, 0.6) is 11.5 Å². The van der Waals surface area contributed by atoms with Crippen LogP contribution in [0.3, 0.4) is 0 Å². The average Bonchev–Trinajstić information content (AvgIpc) is 2.86. The lowest BCUT2D eigenvalue weighted by atomic mass is 10.1. The summed E-state index contributed by atoms with van der Waals surface area (Å²) in [7, 11) is -0.960. The highest BCUT2D eigenvalue weighted by Crippen LogP contribution is 2.28. The van der Waals surface area contributed by atoms with Gasteiger partial charge in [-0.25, -0.2) is 13.8 Å². The molecule has 0 fully saturated rings. The second-order valence-electron chi connectivity index (χ2n) is 7.10. The fraction of sp³-hybridized carbons (Fsp3) is 0.167. The molecule has 8 nitrogen and oxygen atoms in total. The molecule has 3 aromatic carbocycles. The van der Waals surface area contributed by atoms with Gasteiger partial charge in [0.1, 0.15) is 6.54 Å². The molecule has 0 heterocycles. The van der Waals surface area contributed by atoms with Gasteiger partial charge < -0.3 is 9.47 Å². The molecule has 178 valence electrons. The number of anilines is 1. The predicted molar refractivity (Wildman–Crippen MR) is 132 cm³/mol. The summed E-state index contributed by atoms with van der Waals surface area (Å²) in [6.07, 6.45) is 0. The second-order valence-corrected chi connectivity index (χ2v) is 9.40. The van der Waals surface area contributed by atoms with Gasteiger partial charge in [0.15, 0.2) is 11.5 Å². The van der Waals surface area contributed by atoms with Crippen LogP contribution in [0.25, 0.3) is 0 Å². The van der Waals surface area contributed by atoms with Crippen molar-refractivity contribution in [3.8, 4) is 11.5 Å². The Morgan fingerprint density at radius 1 is 0.971 bits per heavy atom. The molecule has 0 bridgehead atoms. The molecule has 1 amide bonds. The van der Waals surface area contributed by atoms with Crippen LogP contribution >= 0.6 is 11.6 Å². The van der Waals surface area contributed by atoms with E-state index in [0.29, 0.717) is 33.5 Å². The van der Waals surface area contributed by atoms with Gasteiger partial charge >= 0.3 is 0 Å². The minimum atomic E-state index is -4.02. The van der Waals surface area contributed by atoms with E-state index in [1.54, 1.807) is 55.5 Å². The Kier molecular flexibility index (Phi) is 8.14. The van der Waals surface area contributed by atoms with Crippen molar-refractivity contribution < 1.29 is 22.7 Å². The molecule has 3 rings (SSSR count). The maximum atomic E-state index is 13.3. The van der Waals surface area contributed by atoms with Crippen LogP contribution in [0.2, 0.25) is 5.02 Å². The summed E-state index contributed by atoms with van der Waals surface area (Å²) in [5, 5.41) is 4.56. The molecule has 0 saturated heterocycles. The maximum Gasteiger partial charge on any atom is 0.264 e. The van der Waals surface area contributed by atoms with Gasteiger partial charge in [0, 0.05) is 10.6 Å². The Balaban J connectivity index is 1.84. The number of halogens is 1. The molecule has 0 aliphatic rings. The molecule has 10 heteroatoms. The first kappa shape index (κ1) is 25.1. The van der Waals surface area contributed by atoms with Gasteiger partial charge in [0.05, 0.1) is 30.5 Å². The number of nitrogens with one attached hydrogen (secondary N) is 1. The lowest BCUT2D eigenvalue weighted by Gasteiger charge is -2.23. The molecule has 0 aliphatic carbocycles. The highest BCUT2D eigenvalue weighted by molar-refractivity contribution is 7.92. The third-order valence-corrected chi connectivity index (χ3v) is 6.92. The number of benzene rings is 3. The summed E-state index contributed by atoms with van der Waals surface area (Å²) in [6, 6.07) is 19.3. The van der Waals surface area contributed by atoms with Gasteiger partial charge in [-0.2, -0.15) is 5.10 Å². The van der Waals surface area contributed by atoms with Crippen LogP contribution in [0, 0.1) is 0 Å². The zero-order valence-corrected chi connectivity index (χ0v) is 20.4. The summed E-state index contributed by atoms with van der Waals surface area (Å²) >= 11 is 5.95. The van der Waals surface area contributed by atoms with Crippen molar-refractivity contribution in [2.75, 3.05) is 25.1 Å². The minimum absolute atomic E-state index is 0.0581. The van der Waals surface area contributed by atoms with Crippen molar-refractivity contribution in [2.45, 2.75) is 11.8 Å². The molecule has 0 aliphatic heterocycles. The number of ether oxygens (including phenoxy) is 2. The summed E-state index contributed by atoms with van der Waals surface area (Å²) in [5.74, 6) is 0.464. The number of carbonyl (C=O) groups excluding carboxylic acids is 1. The van der Waals surface area contributed by atoms with E-state index in [-0.39, 0.29) is 4.90 Å². The van der Waals surface area contributed by atoms with Crippen molar-refractivity contribution in [3.05, 3.63) is 83.4 Å². The number of nitrogens with zero attached hydrogens (tertiary/aromatic N) is 2.